The van der Waals surface area contributed by atoms with Gasteiger partial charge in [-0.15, -0.1) is 0 Å². The van der Waals surface area contributed by atoms with Gasteiger partial charge in [-0.05, 0) is 27.7 Å². The zero-order chi connectivity index (χ0) is 13.2. The summed E-state index contributed by atoms with van der Waals surface area (Å²) in [6, 6.07) is -0.229. The van der Waals surface area contributed by atoms with Gasteiger partial charge in [0.05, 0.1) is 6.42 Å². The molecule has 0 bridgehead atoms. The number of ether oxygens (including phenoxy) is 1. The van der Waals surface area contributed by atoms with Crippen LogP contribution in [0.5, 0.6) is 0 Å². The van der Waals surface area contributed by atoms with Gasteiger partial charge in [-0.25, -0.2) is 0 Å². The van der Waals surface area contributed by atoms with Crippen molar-refractivity contribution in [2.75, 3.05) is 0 Å². The first kappa shape index (κ1) is 19.9. The van der Waals surface area contributed by atoms with Gasteiger partial charge in [-0.2, -0.15) is 6.41 Å². The molecule has 0 aliphatic rings. The van der Waals surface area contributed by atoms with Crippen LogP contribution in [0, 0.1) is 0 Å². The van der Waals surface area contributed by atoms with E-state index in [0.29, 0.717) is 0 Å². The maximum absolute atomic E-state index is 11.2. The first-order chi connectivity index (χ1) is 7.26. The molecule has 0 saturated carbocycles. The van der Waals surface area contributed by atoms with Crippen molar-refractivity contribution in [2.45, 2.75) is 45.8 Å². The van der Waals surface area contributed by atoms with Crippen molar-refractivity contribution in [3.8, 4) is 0 Å². The van der Waals surface area contributed by atoms with E-state index in [-0.39, 0.29) is 24.9 Å². The normalized spacial score (nSPS) is 10.8. The quantitative estimate of drug-likeness (QED) is 0.259. The second-order valence-corrected chi connectivity index (χ2v) is 4.04. The summed E-state index contributed by atoms with van der Waals surface area (Å²) in [6.07, 6.45) is 1.70. The molecule has 0 spiro atoms. The predicted molar refractivity (Wildman–Crippen MR) is 57.4 cm³/mol. The van der Waals surface area contributed by atoms with Crippen molar-refractivity contribution >= 4 is 18.9 Å². The number of carboxylic acid groups (broad SMARTS) is 1. The third-order valence-corrected chi connectivity index (χ3v) is 1.20. The topological polar surface area (TPSA) is 92.7 Å². The minimum Gasteiger partial charge on any atom is -0.527 e. The van der Waals surface area contributed by atoms with E-state index in [1.165, 1.54) is 6.41 Å². The largest absolute Gasteiger partial charge is 0.527 e. The number of hydrogen-bond donors (Lipinski definition) is 2. The third kappa shape index (κ3) is 19.7. The Morgan fingerprint density at radius 1 is 1.53 bits per heavy atom. The van der Waals surface area contributed by atoms with Crippen LogP contribution in [0.3, 0.4) is 0 Å². The monoisotopic (exact) mass is 489 g/mol. The van der Waals surface area contributed by atoms with Gasteiger partial charge in [0.15, 0.2) is 0 Å². The molecule has 0 aromatic heterocycles. The minimum atomic E-state index is -0.471. The van der Waals surface area contributed by atoms with Crippen LogP contribution in [0.4, 0.5) is 0 Å². The van der Waals surface area contributed by atoms with Crippen LogP contribution in [0.2, 0.25) is 0 Å². The van der Waals surface area contributed by atoms with Crippen molar-refractivity contribution in [3.05, 3.63) is 0 Å². The van der Waals surface area contributed by atoms with Gasteiger partial charge in [0.1, 0.15) is 5.60 Å². The van der Waals surface area contributed by atoms with Gasteiger partial charge >= 0.3 is 5.97 Å². The summed E-state index contributed by atoms with van der Waals surface area (Å²) in [7, 11) is 0. The number of amides is 1. The fraction of sp³-hybridized carbons (Fsp3) is 0.700. The fourth-order valence-electron chi connectivity index (χ4n) is 0.785. The molecule has 0 aromatic carbocycles. The van der Waals surface area contributed by atoms with Crippen LogP contribution in [0.1, 0.15) is 34.1 Å². The zero-order valence-electron chi connectivity index (χ0n) is 10.2. The Balaban J connectivity index is -0.000000440. The molecule has 0 fully saturated rings. The van der Waals surface area contributed by atoms with Gasteiger partial charge in [0.2, 0.25) is 0 Å². The predicted octanol–water partition coefficient (Wildman–Crippen LogP) is 0.464. The van der Waals surface area contributed by atoms with E-state index in [0.717, 1.165) is 0 Å². The van der Waals surface area contributed by atoms with Crippen LogP contribution in [-0.2, 0) is 19.1 Å². The summed E-state index contributed by atoms with van der Waals surface area (Å²) in [5.74, 6) is -0.317. The van der Waals surface area contributed by atoms with E-state index in [9.17, 15) is 9.59 Å². The molecule has 0 aromatic rings. The third-order valence-electron chi connectivity index (χ3n) is 1.20. The SMILES string of the molecule is CC(CC(=O)OC(C)(C)C)N[C-]=O.O=CO.[Fm]. The van der Waals surface area contributed by atoms with Crippen molar-refractivity contribution in [1.29, 1.82) is 0 Å². The maximum Gasteiger partial charge on any atom is 0.308 e. The first-order valence-electron chi connectivity index (χ1n) is 4.69. The van der Waals surface area contributed by atoms with E-state index in [1.54, 1.807) is 27.7 Å². The zero-order valence-corrected chi connectivity index (χ0v) is 12.6. The van der Waals surface area contributed by atoms with Crippen LogP contribution in [0.15, 0.2) is 0 Å². The van der Waals surface area contributed by atoms with Gasteiger partial charge in [-0.3, -0.25) is 9.59 Å². The molecule has 0 aliphatic heterocycles. The molecule has 106 valence electrons. The van der Waals surface area contributed by atoms with Crippen molar-refractivity contribution in [1.82, 2.24) is 5.32 Å². The van der Waals surface area contributed by atoms with Crippen molar-refractivity contribution in [2.24, 2.45) is 0 Å². The molecule has 6 nitrogen and oxygen atoms in total. The maximum atomic E-state index is 11.2. The second-order valence-electron chi connectivity index (χ2n) is 4.04. The summed E-state index contributed by atoms with van der Waals surface area (Å²) in [5.41, 5.74) is -0.471. The Morgan fingerprint density at radius 3 is 2.24 bits per heavy atom. The smallest absolute Gasteiger partial charge is 0.308 e. The van der Waals surface area contributed by atoms with Gasteiger partial charge in [-0.1, -0.05) is 0 Å². The number of nitrogens with one attached hydrogen (secondary N) is 1. The number of rotatable bonds is 4. The molecule has 0 heterocycles. The molecule has 2 N–H and O–H groups in total. The summed E-state index contributed by atoms with van der Waals surface area (Å²) >= 11 is 0. The Labute approximate surface area is 95.0 Å². The van der Waals surface area contributed by atoms with Crippen molar-refractivity contribution < 1.29 is 24.2 Å². The Hall–Kier alpha value is -2.59. The summed E-state index contributed by atoms with van der Waals surface area (Å²) in [6.45, 7) is 6.87. The molecule has 1 unspecified atom stereocenters. The minimum absolute atomic E-state index is 0. The second kappa shape index (κ2) is 9.95. The molecule has 0 aliphatic carbocycles. The van der Waals surface area contributed by atoms with Crippen LogP contribution < -0.4 is 5.32 Å². The molecule has 0 radical (unpaired) electrons. The van der Waals surface area contributed by atoms with E-state index in [2.05, 4.69) is 5.32 Å². The molecular formula is C10H18FmNO5-. The van der Waals surface area contributed by atoms with Crippen molar-refractivity contribution in [3.63, 3.8) is 0 Å². The number of esters is 1. The average Bonchev–Trinajstić information content (AvgIpc) is 2.00. The molecule has 1 atom stereocenters. The standard InChI is InChI=1S/C9H16NO3.CH2O2.Fm/c1-7(10-6-11)5-8(12)13-9(2,3)4;2-1-3;/h7H,5H2,1-4H3,(H,10,11);1H,(H,2,3);/q-1;;. The van der Waals surface area contributed by atoms with Crippen LogP contribution >= 0.6 is 0 Å². The molecule has 7 heteroatoms. The number of hydrogen-bond acceptors (Lipinski definition) is 4. The fourth-order valence-corrected chi connectivity index (χ4v) is 0.785. The van der Waals surface area contributed by atoms with E-state index >= 15 is 0 Å². The number of carbonyl (C=O) groups excluding carboxylic acids is 2. The molecule has 0 rings (SSSR count). The van der Waals surface area contributed by atoms with Gasteiger partial charge in [0, 0.05) is 6.04 Å². The van der Waals surface area contributed by atoms with Crippen LogP contribution in [0.25, 0.3) is 0 Å². The molecule has 17 heavy (non-hydrogen) atoms. The summed E-state index contributed by atoms with van der Waals surface area (Å²) < 4.78 is 5.05. The molecule has 1 amide bonds. The average molecular weight is 489 g/mol. The van der Waals surface area contributed by atoms with E-state index < -0.39 is 5.60 Å². The molecular weight excluding hydrogens is 471 g/mol. The Morgan fingerprint density at radius 2 is 1.94 bits per heavy atom. The van der Waals surface area contributed by atoms with Gasteiger partial charge < -0.3 is 20.0 Å². The van der Waals surface area contributed by atoms with E-state index in [1.807, 2.05) is 0 Å². The Bertz CT molecular complexity index is 227. The summed E-state index contributed by atoms with van der Waals surface area (Å²) in [5, 5.41) is 9.24. The van der Waals surface area contributed by atoms with Gasteiger partial charge in [0.25, 0.3) is 6.47 Å². The molecule has 0 saturated heterocycles. The van der Waals surface area contributed by atoms with Crippen LogP contribution in [-0.4, -0.2) is 35.6 Å². The summed E-state index contributed by atoms with van der Waals surface area (Å²) in [4.78, 5) is 29.4. The first-order valence-corrected chi connectivity index (χ1v) is 4.69. The Kier molecular flexibility index (Phi) is 11.6. The van der Waals surface area contributed by atoms with E-state index in [4.69, 9.17) is 14.6 Å². The number of carbonyl (C=O) groups is 2.